The lowest BCUT2D eigenvalue weighted by atomic mass is 10.8. The predicted octanol–water partition coefficient (Wildman–Crippen LogP) is 0.282. The third-order valence-corrected chi connectivity index (χ3v) is 2.21. The van der Waals surface area contributed by atoms with Gasteiger partial charge in [0.15, 0.2) is 0 Å². The molecule has 6 nitrogen and oxygen atoms in total. The first-order valence-electron chi connectivity index (χ1n) is 3.70. The summed E-state index contributed by atoms with van der Waals surface area (Å²) in [5.41, 5.74) is -7.43. The highest BCUT2D eigenvalue weighted by atomic mass is 79.9. The largest absolute Gasteiger partial charge is 0.496 e. The number of aromatic nitrogens is 3. The van der Waals surface area contributed by atoms with Crippen molar-refractivity contribution >= 4 is 16.1 Å². The molecule has 1 heterocycles. The van der Waals surface area contributed by atoms with E-state index in [9.17, 15) is 40.7 Å². The van der Waals surface area contributed by atoms with Crippen molar-refractivity contribution in [3.63, 3.8) is 0 Å². The fraction of sp³-hybridized carbons (Fsp3) is 0.400. The van der Waals surface area contributed by atoms with Crippen LogP contribution in [0, 0.1) is 0 Å². The van der Waals surface area contributed by atoms with Gasteiger partial charge in [-0.2, -0.15) is 12.7 Å². The Morgan fingerprint density at radius 3 is 1.22 bits per heavy atom. The summed E-state index contributed by atoms with van der Waals surface area (Å²) >= 11 is 1.91. The molecular weight excluding hydrogens is 344 g/mol. The Labute approximate surface area is 100 Å². The highest BCUT2D eigenvalue weighted by Gasteiger charge is 2.43. The zero-order valence-electron chi connectivity index (χ0n) is 7.71. The molecule has 0 aliphatic carbocycles. The molecule has 0 aliphatic rings. The molecule has 0 atom stereocenters. The molecule has 13 heteroatoms. The van der Waals surface area contributed by atoms with E-state index < -0.39 is 42.4 Å². The fourth-order valence-electron chi connectivity index (χ4n) is 0.955. The van der Waals surface area contributed by atoms with Crippen molar-refractivity contribution in [3.8, 4) is 0 Å². The number of hydrogen-bond acceptors (Lipinski definition) is 3. The Hall–Kier alpha value is -1.53. The Kier molecular flexibility index (Phi) is 3.23. The van der Waals surface area contributed by atoms with Crippen molar-refractivity contribution < 1.29 is 26.3 Å². The first-order chi connectivity index (χ1) is 7.89. The van der Waals surface area contributed by atoms with E-state index in [2.05, 4.69) is 0 Å². The van der Waals surface area contributed by atoms with E-state index in [-0.39, 0.29) is 0 Å². The van der Waals surface area contributed by atoms with E-state index in [0.717, 1.165) is 0 Å². The van der Waals surface area contributed by atoms with Gasteiger partial charge in [-0.05, 0) is 0 Å². The van der Waals surface area contributed by atoms with Gasteiger partial charge < -0.3 is 0 Å². The van der Waals surface area contributed by atoms with Crippen LogP contribution in [-0.4, -0.2) is 12.7 Å². The summed E-state index contributed by atoms with van der Waals surface area (Å²) in [6, 6.07) is 0. The van der Waals surface area contributed by atoms with Gasteiger partial charge in [-0.25, -0.2) is 14.4 Å². The van der Waals surface area contributed by atoms with Crippen LogP contribution in [0.5, 0.6) is 0 Å². The highest BCUT2D eigenvalue weighted by Crippen LogP contribution is 2.20. The molecule has 0 spiro atoms. The number of rotatable bonds is 0. The topological polar surface area (TPSA) is 66.0 Å². The molecule has 0 aliphatic heterocycles. The van der Waals surface area contributed by atoms with Crippen LogP contribution < -0.4 is 17.1 Å². The van der Waals surface area contributed by atoms with Gasteiger partial charge in [0.2, 0.25) is 0 Å². The van der Waals surface area contributed by atoms with E-state index in [4.69, 9.17) is 0 Å². The second-order valence-corrected chi connectivity index (χ2v) is 3.44. The minimum Gasteiger partial charge on any atom is -0.247 e. The minimum atomic E-state index is -5.70. The monoisotopic (exact) mass is 343 g/mol. The van der Waals surface area contributed by atoms with Gasteiger partial charge in [-0.3, -0.25) is 0 Å². The predicted molar refractivity (Wildman–Crippen MR) is 46.1 cm³/mol. The van der Waals surface area contributed by atoms with Crippen LogP contribution in [0.2, 0.25) is 0 Å². The lowest BCUT2D eigenvalue weighted by Crippen LogP contribution is -2.58. The molecule has 1 rings (SSSR count). The van der Waals surface area contributed by atoms with E-state index in [1.54, 1.807) is 0 Å². The summed E-state index contributed by atoms with van der Waals surface area (Å²) in [5, 5.41) is 0. The van der Waals surface area contributed by atoms with Gasteiger partial charge in [0.25, 0.3) is 0 Å². The Balaban J connectivity index is 4.04. The number of hydrogen-bond donors (Lipinski definition) is 0. The second kappa shape index (κ2) is 4.00. The third kappa shape index (κ3) is 2.21. The highest BCUT2D eigenvalue weighted by molar-refractivity contribution is 9.08. The maximum Gasteiger partial charge on any atom is 0.496 e. The summed E-state index contributed by atoms with van der Waals surface area (Å²) < 4.78 is 69.4. The van der Waals surface area contributed by atoms with Crippen molar-refractivity contribution in [2.24, 2.45) is 0 Å². The fourth-order valence-corrected chi connectivity index (χ4v) is 1.27. The van der Waals surface area contributed by atoms with Gasteiger partial charge in [0.1, 0.15) is 0 Å². The van der Waals surface area contributed by atoms with Crippen LogP contribution in [0.1, 0.15) is 0 Å². The van der Waals surface area contributed by atoms with Gasteiger partial charge in [0, 0.05) is 0 Å². The Morgan fingerprint density at radius 2 is 1.00 bits per heavy atom. The first kappa shape index (κ1) is 14.5. The summed E-state index contributed by atoms with van der Waals surface area (Å²) in [4.78, 5) is 32.7. The normalized spacial score (nSPS) is 12.8. The van der Waals surface area contributed by atoms with Crippen LogP contribution in [0.25, 0.3) is 0 Å². The van der Waals surface area contributed by atoms with Crippen molar-refractivity contribution in [2.75, 3.05) is 0 Å². The molecule has 0 saturated carbocycles. The maximum absolute atomic E-state index is 12.2. The molecular formula is C5BrF6N3O3. The van der Waals surface area contributed by atoms with E-state index in [1.807, 2.05) is 16.1 Å². The lowest BCUT2D eigenvalue weighted by molar-refractivity contribution is -0.228. The molecule has 0 amide bonds. The van der Waals surface area contributed by atoms with Crippen LogP contribution in [0.15, 0.2) is 14.4 Å². The zero-order valence-corrected chi connectivity index (χ0v) is 9.30. The molecule has 0 fully saturated rings. The molecule has 0 N–H and O–H groups in total. The second-order valence-electron chi connectivity index (χ2n) is 2.74. The van der Waals surface area contributed by atoms with Gasteiger partial charge >= 0.3 is 29.7 Å². The first-order valence-corrected chi connectivity index (χ1v) is 4.41. The lowest BCUT2D eigenvalue weighted by Gasteiger charge is -2.14. The summed E-state index contributed by atoms with van der Waals surface area (Å²) in [7, 11) is 0. The summed E-state index contributed by atoms with van der Waals surface area (Å²) in [5.74, 6) is 0. The average Bonchev–Trinajstić information content (AvgIpc) is 2.09. The van der Waals surface area contributed by atoms with Crippen LogP contribution in [-0.2, 0) is 12.6 Å². The van der Waals surface area contributed by atoms with Crippen LogP contribution >= 0.6 is 16.1 Å². The summed E-state index contributed by atoms with van der Waals surface area (Å²) in [6.07, 6.45) is -11.4. The smallest absolute Gasteiger partial charge is 0.247 e. The Morgan fingerprint density at radius 1 is 0.722 bits per heavy atom. The number of halogens is 7. The molecule has 1 aromatic heterocycles. The standard InChI is InChI=1S/C5BrF6N3O3/c6-15-2(17)13(4(7,8)9)1(16)14(3(15)18)5(10,11)12. The quantitative estimate of drug-likeness (QED) is 0.636. The molecule has 0 unspecified atom stereocenters. The van der Waals surface area contributed by atoms with E-state index >= 15 is 0 Å². The number of nitrogens with zero attached hydrogens (tertiary/aromatic N) is 3. The zero-order chi connectivity index (χ0) is 14.5. The number of alkyl halides is 6. The molecule has 0 bridgehead atoms. The Bertz CT molecular complexity index is 597. The maximum atomic E-state index is 12.2. The molecule has 0 aromatic carbocycles. The average molecular weight is 344 g/mol. The van der Waals surface area contributed by atoms with E-state index in [1.165, 1.54) is 0 Å². The molecule has 1 aromatic rings. The minimum absolute atomic E-state index is 0.657. The molecule has 102 valence electrons. The SMILES string of the molecule is O=c1n(Br)c(=O)n(C(F)(F)F)c(=O)n1C(F)(F)F. The van der Waals surface area contributed by atoms with Crippen LogP contribution in [0.3, 0.4) is 0 Å². The van der Waals surface area contributed by atoms with Crippen molar-refractivity contribution in [3.05, 3.63) is 31.5 Å². The third-order valence-electron chi connectivity index (χ3n) is 1.61. The van der Waals surface area contributed by atoms with Crippen molar-refractivity contribution in [2.45, 2.75) is 12.6 Å². The van der Waals surface area contributed by atoms with Crippen LogP contribution in [0.4, 0.5) is 26.3 Å². The molecule has 0 radical (unpaired) electrons. The van der Waals surface area contributed by atoms with E-state index in [0.29, 0.717) is 0 Å². The van der Waals surface area contributed by atoms with Gasteiger partial charge in [-0.15, -0.1) is 26.3 Å². The van der Waals surface area contributed by atoms with Crippen molar-refractivity contribution in [1.29, 1.82) is 0 Å². The van der Waals surface area contributed by atoms with Gasteiger partial charge in [-0.1, -0.05) is 0 Å². The van der Waals surface area contributed by atoms with Gasteiger partial charge in [0.05, 0.1) is 16.1 Å². The molecule has 0 saturated heterocycles. The van der Waals surface area contributed by atoms with Crippen molar-refractivity contribution in [1.82, 2.24) is 12.7 Å². The summed E-state index contributed by atoms with van der Waals surface area (Å²) in [6.45, 7) is 0. The molecule has 18 heavy (non-hydrogen) atoms.